The van der Waals surface area contributed by atoms with Gasteiger partial charge in [-0.05, 0) is 50.3 Å². The lowest BCUT2D eigenvalue weighted by atomic mass is 10.0. The summed E-state index contributed by atoms with van der Waals surface area (Å²) in [5, 5.41) is 3.18. The van der Waals surface area contributed by atoms with Crippen LogP contribution in [0.2, 0.25) is 0 Å². The summed E-state index contributed by atoms with van der Waals surface area (Å²) in [6, 6.07) is 26.8. The van der Waals surface area contributed by atoms with Crippen LogP contribution in [0, 0.1) is 13.8 Å². The summed E-state index contributed by atoms with van der Waals surface area (Å²) in [7, 11) is 0. The summed E-state index contributed by atoms with van der Waals surface area (Å²) in [4.78, 5) is 12.7. The Balaban J connectivity index is 1.47. The molecule has 0 heterocycles. The summed E-state index contributed by atoms with van der Waals surface area (Å²) in [6.07, 6.45) is 1.89. The van der Waals surface area contributed by atoms with Gasteiger partial charge in [-0.3, -0.25) is 4.79 Å². The van der Waals surface area contributed by atoms with E-state index in [0.29, 0.717) is 26.2 Å². The number of ether oxygens (including phenoxy) is 2. The van der Waals surface area contributed by atoms with Gasteiger partial charge in [-0.25, -0.2) is 0 Å². The van der Waals surface area contributed by atoms with Crippen LogP contribution in [0.5, 0.6) is 0 Å². The van der Waals surface area contributed by atoms with Gasteiger partial charge in [0.1, 0.15) is 0 Å². The van der Waals surface area contributed by atoms with E-state index in [1.165, 1.54) is 22.3 Å². The fourth-order valence-electron chi connectivity index (χ4n) is 3.71. The van der Waals surface area contributed by atoms with Crippen LogP contribution in [0.3, 0.4) is 0 Å². The first-order valence-corrected chi connectivity index (χ1v) is 12.1. The molecule has 0 aromatic heterocycles. The van der Waals surface area contributed by atoms with Crippen molar-refractivity contribution in [2.45, 2.75) is 58.8 Å². The van der Waals surface area contributed by atoms with Gasteiger partial charge in [0.15, 0.2) is 0 Å². The van der Waals surface area contributed by atoms with Gasteiger partial charge in [0.2, 0.25) is 5.91 Å². The number of aryl methyl sites for hydroxylation is 3. The molecule has 0 spiro atoms. The fraction of sp³-hybridized carbons (Fsp3) is 0.367. The maximum atomic E-state index is 12.7. The number of nitrogens with one attached hydrogen (secondary N) is 1. The van der Waals surface area contributed by atoms with Gasteiger partial charge in [-0.15, -0.1) is 0 Å². The number of benzene rings is 3. The standard InChI is InChI=1S/C30H37NO3/c1-23-9-13-27(14-10-23)19-29(31-30(32)18-17-26-7-5-4-6-8-26)22-33-20-25(3)34-21-28-15-11-24(2)12-16-28/h4-16,25,29H,17-22H2,1-3H3,(H,31,32)/t25?,29-/m0/s1. The topological polar surface area (TPSA) is 47.6 Å². The highest BCUT2D eigenvalue weighted by Gasteiger charge is 2.15. The van der Waals surface area contributed by atoms with Crippen LogP contribution in [0.1, 0.15) is 41.2 Å². The molecule has 0 saturated carbocycles. The number of hydrogen-bond donors (Lipinski definition) is 1. The molecule has 3 rings (SSSR count). The van der Waals surface area contributed by atoms with E-state index < -0.39 is 0 Å². The van der Waals surface area contributed by atoms with Crippen molar-refractivity contribution in [3.05, 3.63) is 107 Å². The lowest BCUT2D eigenvalue weighted by Gasteiger charge is -2.21. The van der Waals surface area contributed by atoms with Crippen molar-refractivity contribution in [3.8, 4) is 0 Å². The van der Waals surface area contributed by atoms with Crippen LogP contribution in [0.25, 0.3) is 0 Å². The second-order valence-electron chi connectivity index (χ2n) is 9.08. The van der Waals surface area contributed by atoms with Crippen molar-refractivity contribution < 1.29 is 14.3 Å². The van der Waals surface area contributed by atoms with E-state index in [4.69, 9.17) is 9.47 Å². The summed E-state index contributed by atoms with van der Waals surface area (Å²) >= 11 is 0. The maximum absolute atomic E-state index is 12.7. The predicted octanol–water partition coefficient (Wildman–Crippen LogP) is 5.59. The van der Waals surface area contributed by atoms with E-state index in [2.05, 4.69) is 79.8 Å². The zero-order valence-corrected chi connectivity index (χ0v) is 20.6. The molecule has 1 unspecified atom stereocenters. The van der Waals surface area contributed by atoms with E-state index >= 15 is 0 Å². The number of hydrogen-bond acceptors (Lipinski definition) is 3. The molecular weight excluding hydrogens is 422 g/mol. The second kappa shape index (κ2) is 13.7. The molecule has 4 nitrogen and oxygen atoms in total. The van der Waals surface area contributed by atoms with Crippen LogP contribution in [-0.2, 0) is 33.7 Å². The third-order valence-electron chi connectivity index (χ3n) is 5.78. The minimum Gasteiger partial charge on any atom is -0.377 e. The van der Waals surface area contributed by atoms with Crippen molar-refractivity contribution in [3.63, 3.8) is 0 Å². The molecule has 3 aromatic carbocycles. The third kappa shape index (κ3) is 9.50. The molecule has 0 aliphatic rings. The highest BCUT2D eigenvalue weighted by molar-refractivity contribution is 5.76. The molecule has 2 atom stereocenters. The van der Waals surface area contributed by atoms with Crippen LogP contribution in [-0.4, -0.2) is 31.3 Å². The number of carbonyl (C=O) groups excluding carboxylic acids is 1. The van der Waals surface area contributed by atoms with Crippen molar-refractivity contribution >= 4 is 5.91 Å². The molecular formula is C30H37NO3. The molecule has 34 heavy (non-hydrogen) atoms. The molecule has 1 N–H and O–H groups in total. The Hall–Kier alpha value is -2.95. The SMILES string of the molecule is Cc1ccc(COC(C)COC[C@H](Cc2ccc(C)cc2)NC(=O)CCc2ccccc2)cc1. The van der Waals surface area contributed by atoms with E-state index in [1.807, 2.05) is 25.1 Å². The highest BCUT2D eigenvalue weighted by Crippen LogP contribution is 2.10. The van der Waals surface area contributed by atoms with E-state index in [-0.39, 0.29) is 18.1 Å². The molecule has 0 aliphatic heterocycles. The van der Waals surface area contributed by atoms with E-state index in [9.17, 15) is 4.79 Å². The minimum atomic E-state index is -0.0877. The molecule has 0 radical (unpaired) electrons. The van der Waals surface area contributed by atoms with Gasteiger partial charge in [-0.2, -0.15) is 0 Å². The average Bonchev–Trinajstić information content (AvgIpc) is 2.84. The van der Waals surface area contributed by atoms with Gasteiger partial charge >= 0.3 is 0 Å². The quantitative estimate of drug-likeness (QED) is 0.363. The Bertz CT molecular complexity index is 984. The lowest BCUT2D eigenvalue weighted by Crippen LogP contribution is -2.40. The van der Waals surface area contributed by atoms with Crippen molar-refractivity contribution in [2.24, 2.45) is 0 Å². The molecule has 0 bridgehead atoms. The fourth-order valence-corrected chi connectivity index (χ4v) is 3.71. The highest BCUT2D eigenvalue weighted by atomic mass is 16.5. The van der Waals surface area contributed by atoms with E-state index in [1.54, 1.807) is 0 Å². The Morgan fingerprint density at radius 1 is 0.794 bits per heavy atom. The third-order valence-corrected chi connectivity index (χ3v) is 5.78. The van der Waals surface area contributed by atoms with Gasteiger partial charge in [0.05, 0.1) is 32.0 Å². The van der Waals surface area contributed by atoms with Gasteiger partial charge < -0.3 is 14.8 Å². The molecule has 3 aromatic rings. The lowest BCUT2D eigenvalue weighted by molar-refractivity contribution is -0.122. The first-order chi connectivity index (χ1) is 16.5. The zero-order valence-electron chi connectivity index (χ0n) is 20.6. The largest absolute Gasteiger partial charge is 0.377 e. The Morgan fingerprint density at radius 3 is 2.06 bits per heavy atom. The molecule has 0 aliphatic carbocycles. The number of rotatable bonds is 13. The maximum Gasteiger partial charge on any atom is 0.220 e. The normalized spacial score (nSPS) is 12.8. The Labute approximate surface area is 204 Å². The number of carbonyl (C=O) groups is 1. The first-order valence-electron chi connectivity index (χ1n) is 12.1. The molecule has 0 saturated heterocycles. The van der Waals surface area contributed by atoms with Gasteiger partial charge in [-0.1, -0.05) is 90.0 Å². The van der Waals surface area contributed by atoms with Crippen LogP contribution < -0.4 is 5.32 Å². The Morgan fingerprint density at radius 2 is 1.41 bits per heavy atom. The van der Waals surface area contributed by atoms with Crippen LogP contribution in [0.4, 0.5) is 0 Å². The summed E-state index contributed by atoms with van der Waals surface area (Å²) < 4.78 is 11.9. The second-order valence-corrected chi connectivity index (χ2v) is 9.08. The average molecular weight is 460 g/mol. The van der Waals surface area contributed by atoms with Crippen molar-refractivity contribution in [1.82, 2.24) is 5.32 Å². The van der Waals surface area contributed by atoms with Gasteiger partial charge in [0, 0.05) is 6.42 Å². The van der Waals surface area contributed by atoms with Crippen LogP contribution >= 0.6 is 0 Å². The molecule has 180 valence electrons. The van der Waals surface area contributed by atoms with Crippen molar-refractivity contribution in [2.75, 3.05) is 13.2 Å². The monoisotopic (exact) mass is 459 g/mol. The minimum absolute atomic E-state index is 0.0323. The molecule has 4 heteroatoms. The molecule has 0 fully saturated rings. The first kappa shape index (κ1) is 25.7. The zero-order chi connectivity index (χ0) is 24.2. The summed E-state index contributed by atoms with van der Waals surface area (Å²) in [5.41, 5.74) is 5.98. The summed E-state index contributed by atoms with van der Waals surface area (Å²) in [5.74, 6) is 0.0493. The Kier molecular flexibility index (Phi) is 10.3. The number of amides is 1. The van der Waals surface area contributed by atoms with E-state index in [0.717, 1.165) is 18.4 Å². The van der Waals surface area contributed by atoms with Crippen LogP contribution in [0.15, 0.2) is 78.9 Å². The van der Waals surface area contributed by atoms with Gasteiger partial charge in [0.25, 0.3) is 0 Å². The summed E-state index contributed by atoms with van der Waals surface area (Å²) in [6.45, 7) is 7.66. The van der Waals surface area contributed by atoms with Crippen molar-refractivity contribution in [1.29, 1.82) is 0 Å². The predicted molar refractivity (Wildman–Crippen MR) is 138 cm³/mol. The smallest absolute Gasteiger partial charge is 0.220 e. The molecule has 1 amide bonds.